The van der Waals surface area contributed by atoms with Crippen LogP contribution in [0.4, 0.5) is 32.2 Å². The van der Waals surface area contributed by atoms with Crippen molar-refractivity contribution in [2.45, 2.75) is 23.5 Å². The summed E-state index contributed by atoms with van der Waals surface area (Å²) in [5.74, 6) is -1.02. The Bertz CT molecular complexity index is 903. The lowest BCUT2D eigenvalue weighted by atomic mass is 10.1. The van der Waals surface area contributed by atoms with E-state index < -0.39 is 56.2 Å². The zero-order valence-electron chi connectivity index (χ0n) is 13.2. The molecule has 2 aromatic rings. The number of ether oxygens (including phenoxy) is 1. The molecule has 0 atom stereocenters. The molecule has 0 amide bonds. The fraction of sp³-hybridized carbons (Fsp3) is 0.286. The summed E-state index contributed by atoms with van der Waals surface area (Å²) >= 11 is 5.24. The van der Waals surface area contributed by atoms with Crippen LogP contribution < -0.4 is 10.5 Å². The second-order valence-electron chi connectivity index (χ2n) is 4.87. The Morgan fingerprint density at radius 3 is 2.41 bits per heavy atom. The van der Waals surface area contributed by atoms with Gasteiger partial charge >= 0.3 is 11.7 Å². The van der Waals surface area contributed by atoms with Crippen LogP contribution in [-0.2, 0) is 6.18 Å². The summed E-state index contributed by atoms with van der Waals surface area (Å²) in [7, 11) is 0. The predicted molar refractivity (Wildman–Crippen MR) is 85.8 cm³/mol. The molecule has 0 saturated carbocycles. The van der Waals surface area contributed by atoms with Gasteiger partial charge in [0.2, 0.25) is 0 Å². The number of anilines is 1. The zero-order chi connectivity index (χ0) is 20.6. The summed E-state index contributed by atoms with van der Waals surface area (Å²) in [6, 6.07) is 2.64. The molecule has 1 heterocycles. The Hall–Kier alpha value is -2.26. The van der Waals surface area contributed by atoms with Gasteiger partial charge in [0.15, 0.2) is 5.69 Å². The van der Waals surface area contributed by atoms with Gasteiger partial charge in [-0.3, -0.25) is 0 Å². The Morgan fingerprint density at radius 1 is 1.30 bits per heavy atom. The highest BCUT2D eigenvalue weighted by Gasteiger charge is 2.36. The van der Waals surface area contributed by atoms with Crippen molar-refractivity contribution in [1.82, 2.24) is 9.78 Å². The van der Waals surface area contributed by atoms with Crippen LogP contribution in [0.5, 0.6) is 5.75 Å². The number of nitrogen functional groups attached to an aromatic ring is 1. The van der Waals surface area contributed by atoms with Gasteiger partial charge in [-0.2, -0.15) is 36.7 Å². The number of thioether (sulfide) groups is 1. The maximum atomic E-state index is 13.0. The number of nitrogens with two attached hydrogens (primary N) is 1. The summed E-state index contributed by atoms with van der Waals surface area (Å²) in [6.45, 7) is 1.41. The van der Waals surface area contributed by atoms with Crippen LogP contribution in [0.3, 0.4) is 0 Å². The summed E-state index contributed by atoms with van der Waals surface area (Å²) in [6.07, 6.45) is -4.74. The Labute approximate surface area is 157 Å². The van der Waals surface area contributed by atoms with Crippen LogP contribution in [0.15, 0.2) is 17.0 Å². The van der Waals surface area contributed by atoms with Crippen LogP contribution in [-0.4, -0.2) is 21.9 Å². The monoisotopic (exact) mass is 430 g/mol. The predicted octanol–water partition coefficient (Wildman–Crippen LogP) is 5.01. The molecule has 2 rings (SSSR count). The molecule has 0 aliphatic carbocycles. The first-order valence-electron chi connectivity index (χ1n) is 6.97. The molecule has 0 spiro atoms. The average Bonchev–Trinajstić information content (AvgIpc) is 2.81. The summed E-state index contributed by atoms with van der Waals surface area (Å²) in [5.41, 5.74) is -1.19. The van der Waals surface area contributed by atoms with Gasteiger partial charge in [-0.1, -0.05) is 11.6 Å². The minimum Gasteiger partial charge on any atom is -0.492 e. The Kier molecular flexibility index (Phi) is 5.77. The van der Waals surface area contributed by atoms with Crippen molar-refractivity contribution in [2.75, 3.05) is 12.3 Å². The maximum Gasteiger partial charge on any atom is 0.446 e. The lowest BCUT2D eigenvalue weighted by Crippen LogP contribution is -2.10. The number of rotatable bonds is 4. The minimum atomic E-state index is -4.76. The quantitative estimate of drug-likeness (QED) is 0.545. The molecule has 1 aromatic heterocycles. The van der Waals surface area contributed by atoms with E-state index >= 15 is 0 Å². The minimum absolute atomic E-state index is 0.0684. The van der Waals surface area contributed by atoms with Gasteiger partial charge in [-0.05, 0) is 30.8 Å². The van der Waals surface area contributed by atoms with Crippen molar-refractivity contribution in [3.05, 3.63) is 28.4 Å². The van der Waals surface area contributed by atoms with E-state index in [0.29, 0.717) is 16.8 Å². The molecule has 0 aliphatic heterocycles. The molecule has 146 valence electrons. The number of benzene rings is 1. The smallest absolute Gasteiger partial charge is 0.446 e. The van der Waals surface area contributed by atoms with E-state index in [1.807, 2.05) is 0 Å². The molecular formula is C14H9ClF6N4OS. The number of nitrogens with zero attached hydrogens (tertiary/aromatic N) is 3. The van der Waals surface area contributed by atoms with E-state index in [1.54, 1.807) is 0 Å². The van der Waals surface area contributed by atoms with Gasteiger partial charge < -0.3 is 10.5 Å². The highest BCUT2D eigenvalue weighted by molar-refractivity contribution is 8.00. The highest BCUT2D eigenvalue weighted by Crippen LogP contribution is 2.44. The van der Waals surface area contributed by atoms with Gasteiger partial charge in [0.1, 0.15) is 23.3 Å². The number of hydrogen-bond donors (Lipinski definition) is 1. The summed E-state index contributed by atoms with van der Waals surface area (Å²) in [4.78, 5) is -0.691. The molecule has 0 radical (unpaired) electrons. The molecule has 5 nitrogen and oxygen atoms in total. The van der Waals surface area contributed by atoms with Gasteiger partial charge in [-0.15, -0.1) is 0 Å². The van der Waals surface area contributed by atoms with Crippen LogP contribution >= 0.6 is 23.4 Å². The SMILES string of the molecule is CCOc1cc(C(F)(F)F)cc(Cl)c1-n1nc(C#N)c(SC(F)(F)F)c1N. The normalized spacial score (nSPS) is 12.1. The second-order valence-corrected chi connectivity index (χ2v) is 6.35. The first-order chi connectivity index (χ1) is 12.4. The topological polar surface area (TPSA) is 76.9 Å². The third kappa shape index (κ3) is 4.54. The zero-order valence-corrected chi connectivity index (χ0v) is 14.8. The molecule has 1 aromatic carbocycles. The largest absolute Gasteiger partial charge is 0.492 e. The van der Waals surface area contributed by atoms with Gasteiger partial charge in [0, 0.05) is 0 Å². The first-order valence-corrected chi connectivity index (χ1v) is 8.16. The Balaban J connectivity index is 2.73. The molecule has 0 bridgehead atoms. The molecule has 0 unspecified atom stereocenters. The molecule has 13 heteroatoms. The number of aromatic nitrogens is 2. The van der Waals surface area contributed by atoms with Crippen LogP contribution in [0.2, 0.25) is 5.02 Å². The van der Waals surface area contributed by atoms with Gasteiger partial charge in [0.25, 0.3) is 0 Å². The van der Waals surface area contributed by atoms with Crippen LogP contribution in [0, 0.1) is 11.3 Å². The van der Waals surface area contributed by atoms with Crippen molar-refractivity contribution in [3.63, 3.8) is 0 Å². The van der Waals surface area contributed by atoms with E-state index in [9.17, 15) is 26.3 Å². The van der Waals surface area contributed by atoms with E-state index in [2.05, 4.69) is 5.10 Å². The number of halogens is 7. The lowest BCUT2D eigenvalue weighted by molar-refractivity contribution is -0.137. The molecule has 27 heavy (non-hydrogen) atoms. The Morgan fingerprint density at radius 2 is 1.93 bits per heavy atom. The van der Waals surface area contributed by atoms with E-state index in [-0.39, 0.29) is 12.3 Å². The summed E-state index contributed by atoms with van der Waals surface area (Å²) < 4.78 is 82.8. The lowest BCUT2D eigenvalue weighted by Gasteiger charge is -2.16. The molecule has 0 aliphatic rings. The third-order valence-electron chi connectivity index (χ3n) is 3.07. The average molecular weight is 431 g/mol. The van der Waals surface area contributed by atoms with Crippen molar-refractivity contribution in [3.8, 4) is 17.5 Å². The van der Waals surface area contributed by atoms with Crippen LogP contribution in [0.1, 0.15) is 18.2 Å². The number of nitriles is 1. The first kappa shape index (κ1) is 21.0. The maximum absolute atomic E-state index is 13.0. The van der Waals surface area contributed by atoms with Crippen LogP contribution in [0.25, 0.3) is 5.69 Å². The highest BCUT2D eigenvalue weighted by atomic mass is 35.5. The number of hydrogen-bond acceptors (Lipinski definition) is 5. The third-order valence-corrected chi connectivity index (χ3v) is 4.19. The van der Waals surface area contributed by atoms with E-state index in [4.69, 9.17) is 27.3 Å². The van der Waals surface area contributed by atoms with Gasteiger partial charge in [-0.25, -0.2) is 4.68 Å². The molecule has 0 fully saturated rings. The van der Waals surface area contributed by atoms with Crippen molar-refractivity contribution in [1.29, 1.82) is 5.26 Å². The fourth-order valence-electron chi connectivity index (χ4n) is 2.09. The van der Waals surface area contributed by atoms with Crippen molar-refractivity contribution < 1.29 is 31.1 Å². The van der Waals surface area contributed by atoms with E-state index in [1.165, 1.54) is 13.0 Å². The molecule has 0 saturated heterocycles. The van der Waals surface area contributed by atoms with E-state index in [0.717, 1.165) is 0 Å². The molecule has 2 N–H and O–H groups in total. The second kappa shape index (κ2) is 7.40. The molecular weight excluding hydrogens is 422 g/mol. The van der Waals surface area contributed by atoms with Crippen molar-refractivity contribution in [2.24, 2.45) is 0 Å². The van der Waals surface area contributed by atoms with Crippen molar-refractivity contribution >= 4 is 29.2 Å². The fourth-order valence-corrected chi connectivity index (χ4v) is 2.98. The number of alkyl halides is 6. The standard InChI is InChI=1S/C14H9ClF6N4OS/c1-2-26-9-4-6(13(16,17)18)3-7(15)10(9)25-12(23)11(8(5-22)24-25)27-14(19,20)21/h3-4H,2,23H2,1H3. The summed E-state index contributed by atoms with van der Waals surface area (Å²) in [5, 5.41) is 12.1. The van der Waals surface area contributed by atoms with Gasteiger partial charge in [0.05, 0.1) is 22.1 Å².